The highest BCUT2D eigenvalue weighted by atomic mass is 35.5. The highest BCUT2D eigenvalue weighted by Crippen LogP contribution is 2.23. The van der Waals surface area contributed by atoms with Gasteiger partial charge in [-0.1, -0.05) is 17.7 Å². The zero-order valence-corrected chi connectivity index (χ0v) is 14.3. The SMILES string of the molecule is N#Cc1ccc(CN2CCN(c3ccc([N+](=O)[O-])cc3)CC2)c(Cl)c1. The Labute approximate surface area is 151 Å². The van der Waals surface area contributed by atoms with Gasteiger partial charge in [-0.3, -0.25) is 15.0 Å². The van der Waals surface area contributed by atoms with Crippen molar-refractivity contribution >= 4 is 23.0 Å². The number of piperazine rings is 1. The number of halogens is 1. The monoisotopic (exact) mass is 356 g/mol. The van der Waals surface area contributed by atoms with Gasteiger partial charge < -0.3 is 4.90 Å². The Morgan fingerprint density at radius 3 is 2.36 bits per heavy atom. The van der Waals surface area contributed by atoms with Gasteiger partial charge in [-0.25, -0.2) is 0 Å². The van der Waals surface area contributed by atoms with E-state index in [4.69, 9.17) is 16.9 Å². The number of benzene rings is 2. The van der Waals surface area contributed by atoms with Gasteiger partial charge in [0.15, 0.2) is 0 Å². The lowest BCUT2D eigenvalue weighted by Crippen LogP contribution is -2.46. The number of rotatable bonds is 4. The van der Waals surface area contributed by atoms with Crippen LogP contribution in [0.4, 0.5) is 11.4 Å². The third kappa shape index (κ3) is 4.08. The Bertz CT molecular complexity index is 809. The molecule has 0 bridgehead atoms. The minimum Gasteiger partial charge on any atom is -0.369 e. The number of hydrogen-bond donors (Lipinski definition) is 0. The van der Waals surface area contributed by atoms with Gasteiger partial charge in [0.1, 0.15) is 0 Å². The second-order valence-corrected chi connectivity index (χ2v) is 6.36. The number of hydrogen-bond acceptors (Lipinski definition) is 5. The van der Waals surface area contributed by atoms with Gasteiger partial charge in [0.2, 0.25) is 0 Å². The number of nitriles is 1. The molecule has 2 aromatic rings. The minimum absolute atomic E-state index is 0.109. The van der Waals surface area contributed by atoms with Crippen LogP contribution in [0.3, 0.4) is 0 Å². The summed E-state index contributed by atoms with van der Waals surface area (Å²) in [7, 11) is 0. The molecule has 1 aliphatic heterocycles. The lowest BCUT2D eigenvalue weighted by Gasteiger charge is -2.36. The molecule has 25 heavy (non-hydrogen) atoms. The first kappa shape index (κ1) is 17.2. The van der Waals surface area contributed by atoms with E-state index in [1.165, 1.54) is 12.1 Å². The molecule has 0 amide bonds. The van der Waals surface area contributed by atoms with Gasteiger partial charge >= 0.3 is 0 Å². The highest BCUT2D eigenvalue weighted by Gasteiger charge is 2.18. The Hall–Kier alpha value is -2.62. The minimum atomic E-state index is -0.386. The molecule has 7 heteroatoms. The van der Waals surface area contributed by atoms with Gasteiger partial charge in [-0.15, -0.1) is 0 Å². The highest BCUT2D eigenvalue weighted by molar-refractivity contribution is 6.31. The number of nitro benzene ring substituents is 1. The normalized spacial score (nSPS) is 15.0. The van der Waals surface area contributed by atoms with Crippen molar-refractivity contribution in [3.63, 3.8) is 0 Å². The molecule has 0 N–H and O–H groups in total. The van der Waals surface area contributed by atoms with Crippen molar-refractivity contribution in [3.05, 3.63) is 68.7 Å². The third-order valence-electron chi connectivity index (χ3n) is 4.37. The van der Waals surface area contributed by atoms with Crippen molar-refractivity contribution in [2.45, 2.75) is 6.54 Å². The van der Waals surface area contributed by atoms with E-state index < -0.39 is 0 Å². The largest absolute Gasteiger partial charge is 0.369 e. The zero-order valence-electron chi connectivity index (χ0n) is 13.6. The van der Waals surface area contributed by atoms with Crippen LogP contribution >= 0.6 is 11.6 Å². The van der Waals surface area contributed by atoms with Gasteiger partial charge in [-0.2, -0.15) is 5.26 Å². The van der Waals surface area contributed by atoms with Crippen LogP contribution in [-0.2, 0) is 6.54 Å². The molecule has 0 atom stereocenters. The van der Waals surface area contributed by atoms with E-state index in [0.717, 1.165) is 44.0 Å². The maximum atomic E-state index is 10.7. The predicted octanol–water partition coefficient (Wildman–Crippen LogP) is 3.44. The molecule has 6 nitrogen and oxygen atoms in total. The summed E-state index contributed by atoms with van der Waals surface area (Å²) >= 11 is 6.25. The molecular weight excluding hydrogens is 340 g/mol. The molecule has 128 valence electrons. The van der Waals surface area contributed by atoms with E-state index in [9.17, 15) is 10.1 Å². The van der Waals surface area contributed by atoms with Crippen molar-refractivity contribution in [2.75, 3.05) is 31.1 Å². The fourth-order valence-electron chi connectivity index (χ4n) is 2.94. The van der Waals surface area contributed by atoms with Crippen molar-refractivity contribution in [1.82, 2.24) is 4.90 Å². The number of nitrogens with zero attached hydrogens (tertiary/aromatic N) is 4. The summed E-state index contributed by atoms with van der Waals surface area (Å²) < 4.78 is 0. The summed E-state index contributed by atoms with van der Waals surface area (Å²) in [6.07, 6.45) is 0. The summed E-state index contributed by atoms with van der Waals surface area (Å²) in [6, 6.07) is 14.2. The van der Waals surface area contributed by atoms with Crippen LogP contribution in [0.15, 0.2) is 42.5 Å². The van der Waals surface area contributed by atoms with E-state index in [1.54, 1.807) is 24.3 Å². The van der Waals surface area contributed by atoms with E-state index in [2.05, 4.69) is 15.9 Å². The number of anilines is 1. The second kappa shape index (κ2) is 7.51. The zero-order chi connectivity index (χ0) is 17.8. The van der Waals surface area contributed by atoms with Crippen molar-refractivity contribution in [2.24, 2.45) is 0 Å². The third-order valence-corrected chi connectivity index (χ3v) is 4.73. The average molecular weight is 357 g/mol. The fourth-order valence-corrected chi connectivity index (χ4v) is 3.18. The van der Waals surface area contributed by atoms with Gasteiger partial charge in [0, 0.05) is 55.6 Å². The molecule has 0 unspecified atom stereocenters. The van der Waals surface area contributed by atoms with Crippen LogP contribution in [0.25, 0.3) is 0 Å². The first-order chi connectivity index (χ1) is 12.1. The van der Waals surface area contributed by atoms with Crippen molar-refractivity contribution in [1.29, 1.82) is 5.26 Å². The van der Waals surface area contributed by atoms with Crippen LogP contribution in [0.1, 0.15) is 11.1 Å². The molecular formula is C18H17ClN4O2. The summed E-state index contributed by atoms with van der Waals surface area (Å²) in [5.41, 5.74) is 2.70. The molecule has 0 saturated carbocycles. The quantitative estimate of drug-likeness (QED) is 0.619. The van der Waals surface area contributed by atoms with Gasteiger partial charge in [0.05, 0.1) is 16.6 Å². The Morgan fingerprint density at radius 2 is 1.80 bits per heavy atom. The molecule has 3 rings (SSSR count). The van der Waals surface area contributed by atoms with E-state index in [1.807, 2.05) is 6.07 Å². The summed E-state index contributed by atoms with van der Waals surface area (Å²) in [5.74, 6) is 0. The van der Waals surface area contributed by atoms with Gasteiger partial charge in [-0.05, 0) is 29.8 Å². The van der Waals surface area contributed by atoms with Crippen LogP contribution in [-0.4, -0.2) is 36.0 Å². The summed E-state index contributed by atoms with van der Waals surface area (Å²) in [6.45, 7) is 4.22. The molecule has 0 spiro atoms. The summed E-state index contributed by atoms with van der Waals surface area (Å²) in [5, 5.41) is 20.2. The molecule has 1 saturated heterocycles. The van der Waals surface area contributed by atoms with Gasteiger partial charge in [0.25, 0.3) is 5.69 Å². The smallest absolute Gasteiger partial charge is 0.269 e. The molecule has 1 aliphatic rings. The van der Waals surface area contributed by atoms with E-state index >= 15 is 0 Å². The number of nitro groups is 1. The molecule has 1 heterocycles. The molecule has 0 radical (unpaired) electrons. The average Bonchev–Trinajstić information content (AvgIpc) is 2.64. The first-order valence-electron chi connectivity index (χ1n) is 7.97. The Morgan fingerprint density at radius 1 is 1.12 bits per heavy atom. The number of non-ortho nitro benzene ring substituents is 1. The predicted molar refractivity (Wildman–Crippen MR) is 96.8 cm³/mol. The topological polar surface area (TPSA) is 73.4 Å². The van der Waals surface area contributed by atoms with Crippen LogP contribution < -0.4 is 4.90 Å². The van der Waals surface area contributed by atoms with Crippen LogP contribution in [0.2, 0.25) is 5.02 Å². The Kier molecular flexibility index (Phi) is 5.17. The Balaban J connectivity index is 1.58. The van der Waals surface area contributed by atoms with E-state index in [-0.39, 0.29) is 10.6 Å². The lowest BCUT2D eigenvalue weighted by molar-refractivity contribution is -0.384. The second-order valence-electron chi connectivity index (χ2n) is 5.95. The maximum Gasteiger partial charge on any atom is 0.269 e. The van der Waals surface area contributed by atoms with E-state index in [0.29, 0.717) is 10.6 Å². The fraction of sp³-hybridized carbons (Fsp3) is 0.278. The lowest BCUT2D eigenvalue weighted by atomic mass is 10.1. The van der Waals surface area contributed by atoms with Crippen molar-refractivity contribution < 1.29 is 4.92 Å². The summed E-state index contributed by atoms with van der Waals surface area (Å²) in [4.78, 5) is 14.9. The maximum absolute atomic E-state index is 10.7. The molecule has 1 fully saturated rings. The van der Waals surface area contributed by atoms with Crippen molar-refractivity contribution in [3.8, 4) is 6.07 Å². The van der Waals surface area contributed by atoms with Crippen LogP contribution in [0, 0.1) is 21.4 Å². The van der Waals surface area contributed by atoms with Crippen LogP contribution in [0.5, 0.6) is 0 Å². The molecule has 2 aromatic carbocycles. The first-order valence-corrected chi connectivity index (χ1v) is 8.35. The molecule has 0 aromatic heterocycles. The molecule has 0 aliphatic carbocycles. The standard InChI is InChI=1S/C18H17ClN4O2/c19-18-11-14(12-20)1-2-15(18)13-21-7-9-22(10-8-21)16-3-5-17(6-4-16)23(24)25/h1-6,11H,7-10,13H2.